The Bertz CT molecular complexity index is 685. The largest absolute Gasteiger partial charge is 0.336 e. The van der Waals surface area contributed by atoms with Gasteiger partial charge in [0.05, 0.1) is 17.9 Å². The number of carbonyl (C=O) groups is 1. The molecule has 0 aliphatic heterocycles. The van der Waals surface area contributed by atoms with Crippen molar-refractivity contribution in [2.24, 2.45) is 0 Å². The van der Waals surface area contributed by atoms with Gasteiger partial charge in [-0.05, 0) is 30.7 Å². The van der Waals surface area contributed by atoms with E-state index in [1.807, 2.05) is 13.0 Å². The summed E-state index contributed by atoms with van der Waals surface area (Å²) in [5.41, 5.74) is 3.33. The van der Waals surface area contributed by atoms with Gasteiger partial charge < -0.3 is 4.90 Å². The van der Waals surface area contributed by atoms with E-state index in [0.717, 1.165) is 17.0 Å². The van der Waals surface area contributed by atoms with Crippen molar-refractivity contribution >= 4 is 17.5 Å². The topological polar surface area (TPSA) is 49.0 Å². The second-order valence-corrected chi connectivity index (χ2v) is 7.01. The summed E-state index contributed by atoms with van der Waals surface area (Å²) in [7, 11) is 1.78. The van der Waals surface area contributed by atoms with Gasteiger partial charge in [0, 0.05) is 23.0 Å². The lowest BCUT2D eigenvalue weighted by molar-refractivity contribution is 0.0782. The molecule has 5 heteroatoms. The van der Waals surface area contributed by atoms with Gasteiger partial charge in [0.25, 0.3) is 5.91 Å². The number of nitrogens with one attached hydrogen (secondary N) is 1. The first-order valence-electron chi connectivity index (χ1n) is 7.25. The van der Waals surface area contributed by atoms with Gasteiger partial charge in [-0.3, -0.25) is 9.89 Å². The quantitative estimate of drug-likeness (QED) is 0.931. The molecule has 0 atom stereocenters. The molecule has 1 aromatic carbocycles. The normalized spacial score (nSPS) is 11.5. The van der Waals surface area contributed by atoms with Crippen LogP contribution in [0.25, 0.3) is 0 Å². The smallest absolute Gasteiger partial charge is 0.254 e. The van der Waals surface area contributed by atoms with Gasteiger partial charge in [-0.2, -0.15) is 5.10 Å². The Morgan fingerprint density at radius 2 is 2.05 bits per heavy atom. The Morgan fingerprint density at radius 3 is 2.64 bits per heavy atom. The molecule has 0 spiro atoms. The minimum atomic E-state index is -0.0492. The maximum Gasteiger partial charge on any atom is 0.254 e. The number of nitrogens with zero attached hydrogens (tertiary/aromatic N) is 2. The van der Waals surface area contributed by atoms with Crippen molar-refractivity contribution < 1.29 is 4.79 Å². The van der Waals surface area contributed by atoms with Crippen LogP contribution in [0.4, 0.5) is 0 Å². The van der Waals surface area contributed by atoms with Crippen molar-refractivity contribution in [2.75, 3.05) is 7.05 Å². The molecule has 0 fully saturated rings. The van der Waals surface area contributed by atoms with Crippen LogP contribution in [-0.2, 0) is 12.0 Å². The SMILES string of the molecule is Cc1c(Cl)cccc1C(=O)N(C)Cc1cc(C(C)(C)C)n[nH]1. The fraction of sp³-hybridized carbons (Fsp3) is 0.412. The van der Waals surface area contributed by atoms with E-state index >= 15 is 0 Å². The number of carbonyl (C=O) groups excluding carboxylic acids is 1. The van der Waals surface area contributed by atoms with E-state index in [2.05, 4.69) is 31.0 Å². The third-order valence-electron chi connectivity index (χ3n) is 3.65. The molecule has 0 saturated carbocycles. The number of benzene rings is 1. The van der Waals surface area contributed by atoms with Crippen LogP contribution in [0.15, 0.2) is 24.3 Å². The van der Waals surface area contributed by atoms with Crippen LogP contribution in [0, 0.1) is 6.92 Å². The van der Waals surface area contributed by atoms with Crippen molar-refractivity contribution in [3.63, 3.8) is 0 Å². The summed E-state index contributed by atoms with van der Waals surface area (Å²) in [6.07, 6.45) is 0. The highest BCUT2D eigenvalue weighted by Crippen LogP contribution is 2.22. The highest BCUT2D eigenvalue weighted by Gasteiger charge is 2.20. The monoisotopic (exact) mass is 319 g/mol. The zero-order valence-electron chi connectivity index (χ0n) is 13.7. The van der Waals surface area contributed by atoms with E-state index < -0.39 is 0 Å². The van der Waals surface area contributed by atoms with E-state index in [9.17, 15) is 4.79 Å². The van der Waals surface area contributed by atoms with Crippen molar-refractivity contribution in [3.8, 4) is 0 Å². The van der Waals surface area contributed by atoms with E-state index in [4.69, 9.17) is 11.6 Å². The number of aromatic amines is 1. The molecule has 1 heterocycles. The van der Waals surface area contributed by atoms with Crippen LogP contribution in [0.3, 0.4) is 0 Å². The van der Waals surface area contributed by atoms with Gasteiger partial charge in [-0.15, -0.1) is 0 Å². The maximum atomic E-state index is 12.6. The molecule has 2 aromatic rings. The molecular formula is C17H22ClN3O. The van der Waals surface area contributed by atoms with Crippen LogP contribution in [-0.4, -0.2) is 28.1 Å². The zero-order chi connectivity index (χ0) is 16.5. The van der Waals surface area contributed by atoms with Crippen LogP contribution >= 0.6 is 11.6 Å². The molecule has 2 rings (SSSR count). The summed E-state index contributed by atoms with van der Waals surface area (Å²) in [6, 6.07) is 7.39. The second-order valence-electron chi connectivity index (χ2n) is 6.60. The molecule has 1 aromatic heterocycles. The molecule has 0 aliphatic carbocycles. The molecule has 0 unspecified atom stereocenters. The average Bonchev–Trinajstić information content (AvgIpc) is 2.89. The molecule has 1 amide bonds. The van der Waals surface area contributed by atoms with Crippen LogP contribution in [0.1, 0.15) is 48.1 Å². The van der Waals surface area contributed by atoms with Crippen molar-refractivity contribution in [3.05, 3.63) is 51.8 Å². The van der Waals surface area contributed by atoms with Crippen molar-refractivity contribution in [2.45, 2.75) is 39.7 Å². The molecular weight excluding hydrogens is 298 g/mol. The van der Waals surface area contributed by atoms with Gasteiger partial charge >= 0.3 is 0 Å². The van der Waals surface area contributed by atoms with Gasteiger partial charge in [-0.1, -0.05) is 38.4 Å². The number of H-pyrrole nitrogens is 1. The molecule has 0 bridgehead atoms. The second kappa shape index (κ2) is 6.13. The molecule has 1 N–H and O–H groups in total. The lowest BCUT2D eigenvalue weighted by Gasteiger charge is -2.18. The van der Waals surface area contributed by atoms with Gasteiger partial charge in [0.15, 0.2) is 0 Å². The first kappa shape index (κ1) is 16.6. The summed E-state index contributed by atoms with van der Waals surface area (Å²) in [6.45, 7) is 8.66. The van der Waals surface area contributed by atoms with Crippen LogP contribution < -0.4 is 0 Å². The van der Waals surface area contributed by atoms with Crippen LogP contribution in [0.2, 0.25) is 5.02 Å². The minimum absolute atomic E-state index is 0.0130. The number of halogens is 1. The van der Waals surface area contributed by atoms with Crippen molar-refractivity contribution in [1.29, 1.82) is 0 Å². The Morgan fingerprint density at radius 1 is 1.36 bits per heavy atom. The standard InChI is InChI=1S/C17H22ClN3O/c1-11-13(7-6-8-14(11)18)16(22)21(5)10-12-9-15(20-19-12)17(2,3)4/h6-9H,10H2,1-5H3,(H,19,20). The first-order valence-corrected chi connectivity index (χ1v) is 7.63. The Hall–Kier alpha value is -1.81. The summed E-state index contributed by atoms with van der Waals surface area (Å²) in [5, 5.41) is 7.93. The third kappa shape index (κ3) is 3.50. The molecule has 0 radical (unpaired) electrons. The van der Waals surface area contributed by atoms with E-state index in [1.165, 1.54) is 0 Å². The summed E-state index contributed by atoms with van der Waals surface area (Å²) in [5.74, 6) is -0.0492. The number of aromatic nitrogens is 2. The number of hydrogen-bond donors (Lipinski definition) is 1. The molecule has 22 heavy (non-hydrogen) atoms. The minimum Gasteiger partial charge on any atom is -0.336 e. The Labute approximate surface area is 136 Å². The lowest BCUT2D eigenvalue weighted by atomic mass is 9.92. The molecule has 0 aliphatic rings. The van der Waals surface area contributed by atoms with E-state index in [1.54, 1.807) is 30.1 Å². The van der Waals surface area contributed by atoms with Gasteiger partial charge in [0.2, 0.25) is 0 Å². The number of hydrogen-bond acceptors (Lipinski definition) is 2. The fourth-order valence-corrected chi connectivity index (χ4v) is 2.37. The Kier molecular flexibility index (Phi) is 4.61. The Balaban J connectivity index is 2.15. The predicted octanol–water partition coefficient (Wildman–Crippen LogP) is 3.94. The number of amides is 1. The molecule has 0 saturated heterocycles. The summed E-state index contributed by atoms with van der Waals surface area (Å²) >= 11 is 6.09. The van der Waals surface area contributed by atoms with Crippen molar-refractivity contribution in [1.82, 2.24) is 15.1 Å². The molecule has 118 valence electrons. The highest BCUT2D eigenvalue weighted by molar-refractivity contribution is 6.31. The first-order chi connectivity index (χ1) is 10.2. The molecule has 4 nitrogen and oxygen atoms in total. The van der Waals surface area contributed by atoms with Gasteiger partial charge in [0.1, 0.15) is 0 Å². The fourth-order valence-electron chi connectivity index (χ4n) is 2.20. The highest BCUT2D eigenvalue weighted by atomic mass is 35.5. The zero-order valence-corrected chi connectivity index (χ0v) is 14.5. The lowest BCUT2D eigenvalue weighted by Crippen LogP contribution is -2.27. The van der Waals surface area contributed by atoms with E-state index in [-0.39, 0.29) is 11.3 Å². The van der Waals surface area contributed by atoms with Gasteiger partial charge in [-0.25, -0.2) is 0 Å². The predicted molar refractivity (Wildman–Crippen MR) is 89.3 cm³/mol. The van der Waals surface area contributed by atoms with Crippen LogP contribution in [0.5, 0.6) is 0 Å². The van der Waals surface area contributed by atoms with E-state index in [0.29, 0.717) is 17.1 Å². The summed E-state index contributed by atoms with van der Waals surface area (Å²) in [4.78, 5) is 14.2. The maximum absolute atomic E-state index is 12.6. The average molecular weight is 320 g/mol. The third-order valence-corrected chi connectivity index (χ3v) is 4.06. The number of rotatable bonds is 3. The summed E-state index contributed by atoms with van der Waals surface area (Å²) < 4.78 is 0.